The SMILES string of the molecule is COC(=O)[C@@H](C)NC(=O)Nc1cccc(C)c1C. The van der Waals surface area contributed by atoms with Crippen molar-refractivity contribution in [2.45, 2.75) is 26.8 Å². The molecule has 0 saturated carbocycles. The summed E-state index contributed by atoms with van der Waals surface area (Å²) < 4.78 is 4.52. The van der Waals surface area contributed by atoms with E-state index in [0.717, 1.165) is 16.8 Å². The Hall–Kier alpha value is -2.04. The smallest absolute Gasteiger partial charge is 0.328 e. The third-order valence-electron chi connectivity index (χ3n) is 2.76. The normalized spacial score (nSPS) is 11.6. The maximum absolute atomic E-state index is 11.7. The van der Waals surface area contributed by atoms with Crippen LogP contribution >= 0.6 is 0 Å². The summed E-state index contributed by atoms with van der Waals surface area (Å²) >= 11 is 0. The van der Waals surface area contributed by atoms with E-state index in [4.69, 9.17) is 0 Å². The second-order valence-corrected chi connectivity index (χ2v) is 4.09. The van der Waals surface area contributed by atoms with Crippen molar-refractivity contribution < 1.29 is 14.3 Å². The number of hydrogen-bond acceptors (Lipinski definition) is 3. The fourth-order valence-corrected chi connectivity index (χ4v) is 1.48. The van der Waals surface area contributed by atoms with Crippen LogP contribution in [0, 0.1) is 13.8 Å². The Bertz CT molecular complexity index is 458. The van der Waals surface area contributed by atoms with Crippen LogP contribution in [-0.2, 0) is 9.53 Å². The van der Waals surface area contributed by atoms with Crippen molar-refractivity contribution in [2.75, 3.05) is 12.4 Å². The molecule has 1 atom stereocenters. The second-order valence-electron chi connectivity index (χ2n) is 4.09. The van der Waals surface area contributed by atoms with Gasteiger partial charge in [0.2, 0.25) is 0 Å². The minimum Gasteiger partial charge on any atom is -0.467 e. The molecule has 0 aliphatic carbocycles. The summed E-state index contributed by atoms with van der Waals surface area (Å²) in [6.45, 7) is 5.46. The molecule has 0 aliphatic heterocycles. The molecule has 0 spiro atoms. The molecule has 0 fully saturated rings. The number of urea groups is 1. The molecule has 1 rings (SSSR count). The highest BCUT2D eigenvalue weighted by molar-refractivity contribution is 5.93. The number of carbonyl (C=O) groups is 2. The lowest BCUT2D eigenvalue weighted by atomic mass is 10.1. The minimum atomic E-state index is -0.680. The Labute approximate surface area is 107 Å². The molecule has 1 aromatic carbocycles. The molecule has 18 heavy (non-hydrogen) atoms. The topological polar surface area (TPSA) is 67.4 Å². The van der Waals surface area contributed by atoms with E-state index in [9.17, 15) is 9.59 Å². The van der Waals surface area contributed by atoms with Crippen molar-refractivity contribution in [3.63, 3.8) is 0 Å². The van der Waals surface area contributed by atoms with Crippen molar-refractivity contribution in [3.05, 3.63) is 29.3 Å². The standard InChI is InChI=1S/C13H18N2O3/c1-8-6-5-7-11(9(8)2)15-13(17)14-10(3)12(16)18-4/h5-7,10H,1-4H3,(H2,14,15,17)/t10-/m1/s1. The van der Waals surface area contributed by atoms with Crippen molar-refractivity contribution >= 4 is 17.7 Å². The number of esters is 1. The molecule has 0 bridgehead atoms. The highest BCUT2D eigenvalue weighted by Gasteiger charge is 2.16. The number of nitrogens with one attached hydrogen (secondary N) is 2. The summed E-state index contributed by atoms with van der Waals surface area (Å²) in [6.07, 6.45) is 0. The van der Waals surface area contributed by atoms with Gasteiger partial charge in [-0.15, -0.1) is 0 Å². The molecule has 0 saturated heterocycles. The van der Waals surface area contributed by atoms with E-state index in [1.54, 1.807) is 6.92 Å². The van der Waals surface area contributed by atoms with Crippen LogP contribution in [-0.4, -0.2) is 25.2 Å². The molecule has 0 aliphatic rings. The van der Waals surface area contributed by atoms with Crippen LogP contribution in [0.3, 0.4) is 0 Å². The largest absolute Gasteiger partial charge is 0.467 e. The van der Waals surface area contributed by atoms with Gasteiger partial charge < -0.3 is 15.4 Å². The van der Waals surface area contributed by atoms with Crippen LogP contribution in [0.5, 0.6) is 0 Å². The van der Waals surface area contributed by atoms with Crippen LogP contribution in [0.2, 0.25) is 0 Å². The molecule has 98 valence electrons. The number of amides is 2. The van der Waals surface area contributed by atoms with Crippen molar-refractivity contribution in [1.29, 1.82) is 0 Å². The average Bonchev–Trinajstić information content (AvgIpc) is 2.33. The molecular weight excluding hydrogens is 232 g/mol. The van der Waals surface area contributed by atoms with Crippen molar-refractivity contribution in [2.24, 2.45) is 0 Å². The van der Waals surface area contributed by atoms with Crippen LogP contribution in [0.15, 0.2) is 18.2 Å². The number of anilines is 1. The number of ether oxygens (including phenoxy) is 1. The van der Waals surface area contributed by atoms with Gasteiger partial charge >= 0.3 is 12.0 Å². The zero-order valence-corrected chi connectivity index (χ0v) is 11.0. The number of hydrogen-bond donors (Lipinski definition) is 2. The molecular formula is C13H18N2O3. The van der Waals surface area contributed by atoms with Crippen LogP contribution < -0.4 is 10.6 Å². The van der Waals surface area contributed by atoms with Crippen LogP contribution in [0.25, 0.3) is 0 Å². The van der Waals surface area contributed by atoms with Gasteiger partial charge in [-0.1, -0.05) is 12.1 Å². The van der Waals surface area contributed by atoms with Gasteiger partial charge in [0.1, 0.15) is 6.04 Å². The monoisotopic (exact) mass is 250 g/mol. The molecule has 1 aromatic rings. The van der Waals surface area contributed by atoms with Gasteiger partial charge in [-0.05, 0) is 38.0 Å². The number of benzene rings is 1. The maximum atomic E-state index is 11.7. The van der Waals surface area contributed by atoms with E-state index in [1.807, 2.05) is 32.0 Å². The molecule has 5 nitrogen and oxygen atoms in total. The van der Waals surface area contributed by atoms with E-state index < -0.39 is 18.0 Å². The van der Waals surface area contributed by atoms with E-state index in [-0.39, 0.29) is 0 Å². The van der Waals surface area contributed by atoms with Gasteiger partial charge in [-0.2, -0.15) is 0 Å². The van der Waals surface area contributed by atoms with E-state index in [0.29, 0.717) is 0 Å². The fourth-order valence-electron chi connectivity index (χ4n) is 1.48. The van der Waals surface area contributed by atoms with Gasteiger partial charge in [0, 0.05) is 5.69 Å². The van der Waals surface area contributed by atoms with Gasteiger partial charge in [0.05, 0.1) is 7.11 Å². The predicted octanol–water partition coefficient (Wildman–Crippen LogP) is 1.99. The first kappa shape index (κ1) is 14.0. The maximum Gasteiger partial charge on any atom is 0.328 e. The Morgan fingerprint density at radius 1 is 1.28 bits per heavy atom. The Morgan fingerprint density at radius 2 is 1.94 bits per heavy atom. The number of rotatable bonds is 3. The fraction of sp³-hybridized carbons (Fsp3) is 0.385. The van der Waals surface area contributed by atoms with Crippen LogP contribution in [0.1, 0.15) is 18.1 Å². The summed E-state index contributed by atoms with van der Waals surface area (Å²) in [5.74, 6) is -0.480. The highest BCUT2D eigenvalue weighted by Crippen LogP contribution is 2.17. The van der Waals surface area contributed by atoms with E-state index >= 15 is 0 Å². The quantitative estimate of drug-likeness (QED) is 0.806. The first-order valence-corrected chi connectivity index (χ1v) is 5.67. The first-order valence-electron chi connectivity index (χ1n) is 5.67. The Kier molecular flexibility index (Phi) is 4.71. The summed E-state index contributed by atoms with van der Waals surface area (Å²) in [6, 6.07) is 4.53. The third kappa shape index (κ3) is 3.48. The zero-order valence-electron chi connectivity index (χ0n) is 11.0. The third-order valence-corrected chi connectivity index (χ3v) is 2.76. The molecule has 0 heterocycles. The summed E-state index contributed by atoms with van der Waals surface area (Å²) in [4.78, 5) is 22.8. The molecule has 0 aromatic heterocycles. The summed E-state index contributed by atoms with van der Waals surface area (Å²) in [5.41, 5.74) is 2.82. The van der Waals surface area contributed by atoms with Gasteiger partial charge in [-0.3, -0.25) is 0 Å². The van der Waals surface area contributed by atoms with Gasteiger partial charge in [0.15, 0.2) is 0 Å². The van der Waals surface area contributed by atoms with Gasteiger partial charge in [-0.25, -0.2) is 9.59 Å². The van der Waals surface area contributed by atoms with Crippen molar-refractivity contribution in [3.8, 4) is 0 Å². The lowest BCUT2D eigenvalue weighted by molar-refractivity contribution is -0.142. The lowest BCUT2D eigenvalue weighted by Gasteiger charge is -2.14. The molecule has 2 N–H and O–H groups in total. The number of aryl methyl sites for hydroxylation is 1. The molecule has 0 unspecified atom stereocenters. The summed E-state index contributed by atoms with van der Waals surface area (Å²) in [7, 11) is 1.28. The van der Waals surface area contributed by atoms with Crippen LogP contribution in [0.4, 0.5) is 10.5 Å². The van der Waals surface area contributed by atoms with Gasteiger partial charge in [0.25, 0.3) is 0 Å². The Morgan fingerprint density at radius 3 is 2.56 bits per heavy atom. The van der Waals surface area contributed by atoms with Crippen molar-refractivity contribution in [1.82, 2.24) is 5.32 Å². The predicted molar refractivity (Wildman–Crippen MR) is 69.5 cm³/mol. The number of carbonyl (C=O) groups excluding carboxylic acids is 2. The second kappa shape index (κ2) is 6.05. The van der Waals surface area contributed by atoms with E-state index in [1.165, 1.54) is 7.11 Å². The Balaban J connectivity index is 2.65. The molecule has 2 amide bonds. The number of methoxy groups -OCH3 is 1. The summed E-state index contributed by atoms with van der Waals surface area (Å²) in [5, 5.41) is 5.20. The lowest BCUT2D eigenvalue weighted by Crippen LogP contribution is -2.41. The zero-order chi connectivity index (χ0) is 13.7. The minimum absolute atomic E-state index is 0.429. The average molecular weight is 250 g/mol. The van der Waals surface area contributed by atoms with E-state index in [2.05, 4.69) is 15.4 Å². The molecule has 5 heteroatoms. The first-order chi connectivity index (χ1) is 8.45. The highest BCUT2D eigenvalue weighted by atomic mass is 16.5. The molecule has 0 radical (unpaired) electrons.